The molecule has 100 valence electrons. The average molecular weight is 318 g/mol. The van der Waals surface area contributed by atoms with Crippen molar-refractivity contribution in [3.63, 3.8) is 0 Å². The van der Waals surface area contributed by atoms with Gasteiger partial charge in [0.15, 0.2) is 4.34 Å². The molecule has 0 radical (unpaired) electrons. The Morgan fingerprint density at radius 2 is 2.37 bits per heavy atom. The van der Waals surface area contributed by atoms with Crippen LogP contribution in [0.1, 0.15) is 6.92 Å². The van der Waals surface area contributed by atoms with E-state index in [2.05, 4.69) is 15.5 Å². The van der Waals surface area contributed by atoms with Gasteiger partial charge >= 0.3 is 0 Å². The summed E-state index contributed by atoms with van der Waals surface area (Å²) < 4.78 is 13.7. The van der Waals surface area contributed by atoms with Gasteiger partial charge < -0.3 is 5.32 Å². The number of benzene rings is 1. The lowest BCUT2D eigenvalue weighted by molar-refractivity contribution is -0.115. The molecule has 1 N–H and O–H groups in total. The van der Waals surface area contributed by atoms with Crippen molar-refractivity contribution in [2.45, 2.75) is 16.5 Å². The lowest BCUT2D eigenvalue weighted by atomic mass is 10.3. The molecule has 1 atom stereocenters. The molecule has 1 amide bonds. The molecule has 0 bridgehead atoms. The minimum Gasteiger partial charge on any atom is -0.325 e. The quantitative estimate of drug-likeness (QED) is 0.878. The first kappa shape index (κ1) is 14.2. The molecule has 1 aromatic carbocycles. The summed E-state index contributed by atoms with van der Waals surface area (Å²) in [6.07, 6.45) is 0. The third-order valence-corrected chi connectivity index (χ3v) is 4.37. The number of rotatable bonds is 4. The molecule has 0 aliphatic heterocycles. The van der Waals surface area contributed by atoms with Crippen LogP contribution in [0.25, 0.3) is 0 Å². The Labute approximate surface area is 122 Å². The highest BCUT2D eigenvalue weighted by Crippen LogP contribution is 2.25. The molecule has 8 heteroatoms. The van der Waals surface area contributed by atoms with Crippen LogP contribution in [0.2, 0.25) is 5.02 Å². The fourth-order valence-corrected chi connectivity index (χ4v) is 3.04. The predicted octanol–water partition coefficient (Wildman–Crippen LogP) is 3.45. The van der Waals surface area contributed by atoms with Crippen molar-refractivity contribution in [3.8, 4) is 0 Å². The van der Waals surface area contributed by atoms with Crippen molar-refractivity contribution >= 4 is 46.3 Å². The highest BCUT2D eigenvalue weighted by molar-refractivity contribution is 8.02. The van der Waals surface area contributed by atoms with Gasteiger partial charge in [-0.05, 0) is 25.1 Å². The number of carbonyl (C=O) groups excluding carboxylic acids is 1. The highest BCUT2D eigenvalue weighted by atomic mass is 35.5. The van der Waals surface area contributed by atoms with Crippen molar-refractivity contribution in [2.75, 3.05) is 5.32 Å². The number of hydrogen-bond acceptors (Lipinski definition) is 5. The third-order valence-electron chi connectivity index (χ3n) is 2.17. The Balaban J connectivity index is 1.98. The molecule has 0 spiro atoms. The topological polar surface area (TPSA) is 54.9 Å². The normalized spacial score (nSPS) is 12.2. The largest absolute Gasteiger partial charge is 0.325 e. The van der Waals surface area contributed by atoms with E-state index in [9.17, 15) is 9.18 Å². The van der Waals surface area contributed by atoms with Gasteiger partial charge in [-0.25, -0.2) is 4.39 Å². The van der Waals surface area contributed by atoms with E-state index in [-0.39, 0.29) is 16.2 Å². The van der Waals surface area contributed by atoms with Gasteiger partial charge in [0.05, 0.1) is 10.3 Å². The Kier molecular flexibility index (Phi) is 4.73. The number of carbonyl (C=O) groups is 1. The first-order valence-corrected chi connectivity index (χ1v) is 7.38. The molecule has 2 rings (SSSR count). The fraction of sp³-hybridized carbons (Fsp3) is 0.182. The van der Waals surface area contributed by atoms with Gasteiger partial charge in [-0.2, -0.15) is 0 Å². The predicted molar refractivity (Wildman–Crippen MR) is 75.3 cm³/mol. The summed E-state index contributed by atoms with van der Waals surface area (Å²) in [6, 6.07) is 4.04. The van der Waals surface area contributed by atoms with Crippen LogP contribution in [0.4, 0.5) is 10.1 Å². The van der Waals surface area contributed by atoms with Gasteiger partial charge in [0, 0.05) is 5.69 Å². The molecule has 4 nitrogen and oxygen atoms in total. The number of amides is 1. The van der Waals surface area contributed by atoms with Crippen LogP contribution in [0, 0.1) is 5.82 Å². The standard InChI is InChI=1S/C11H9ClFN3OS2/c1-6(19-11-16-14-5-18-11)10(17)15-7-2-3-9(13)8(12)4-7/h2-6H,1H3,(H,15,17)/t6-/m0/s1. The number of halogens is 2. The van der Waals surface area contributed by atoms with E-state index < -0.39 is 5.82 Å². The van der Waals surface area contributed by atoms with Crippen LogP contribution in [-0.4, -0.2) is 21.4 Å². The van der Waals surface area contributed by atoms with E-state index >= 15 is 0 Å². The monoisotopic (exact) mass is 317 g/mol. The number of hydrogen-bond donors (Lipinski definition) is 1. The summed E-state index contributed by atoms with van der Waals surface area (Å²) in [4.78, 5) is 11.9. The van der Waals surface area contributed by atoms with Crippen LogP contribution in [0.3, 0.4) is 0 Å². The summed E-state index contributed by atoms with van der Waals surface area (Å²) in [5.41, 5.74) is 2.06. The molecule has 0 aliphatic rings. The zero-order valence-electron chi connectivity index (χ0n) is 9.76. The van der Waals surface area contributed by atoms with E-state index in [1.807, 2.05) is 0 Å². The second kappa shape index (κ2) is 6.31. The number of aromatic nitrogens is 2. The van der Waals surface area contributed by atoms with Crippen LogP contribution in [0.5, 0.6) is 0 Å². The highest BCUT2D eigenvalue weighted by Gasteiger charge is 2.16. The molecule has 0 unspecified atom stereocenters. The molecule has 0 fully saturated rings. The minimum atomic E-state index is -0.518. The molecular weight excluding hydrogens is 309 g/mol. The second-order valence-corrected chi connectivity index (χ2v) is 6.41. The number of nitrogens with zero attached hydrogens (tertiary/aromatic N) is 2. The van der Waals surface area contributed by atoms with Gasteiger partial charge in [0.2, 0.25) is 5.91 Å². The third kappa shape index (κ3) is 3.89. The summed E-state index contributed by atoms with van der Waals surface area (Å²) in [5.74, 6) is -0.723. The molecule has 0 saturated heterocycles. The summed E-state index contributed by atoms with van der Waals surface area (Å²) in [7, 11) is 0. The molecule has 19 heavy (non-hydrogen) atoms. The molecule has 0 saturated carbocycles. The van der Waals surface area contributed by atoms with E-state index in [1.54, 1.807) is 12.4 Å². The van der Waals surface area contributed by atoms with E-state index in [0.29, 0.717) is 5.69 Å². The Hall–Kier alpha value is -1.18. The van der Waals surface area contributed by atoms with Gasteiger partial charge in [0.1, 0.15) is 11.3 Å². The van der Waals surface area contributed by atoms with Crippen molar-refractivity contribution < 1.29 is 9.18 Å². The Bertz CT molecular complexity index is 579. The lowest BCUT2D eigenvalue weighted by Gasteiger charge is -2.10. The average Bonchev–Trinajstić information content (AvgIpc) is 2.86. The van der Waals surface area contributed by atoms with Crippen molar-refractivity contribution in [1.29, 1.82) is 0 Å². The number of nitrogens with one attached hydrogen (secondary N) is 1. The Morgan fingerprint density at radius 1 is 1.58 bits per heavy atom. The molecule has 0 aliphatic carbocycles. The van der Waals surface area contributed by atoms with Gasteiger partial charge in [-0.15, -0.1) is 10.2 Å². The van der Waals surface area contributed by atoms with Crippen LogP contribution < -0.4 is 5.32 Å². The molecular formula is C11H9ClFN3OS2. The maximum Gasteiger partial charge on any atom is 0.237 e. The smallest absolute Gasteiger partial charge is 0.237 e. The zero-order chi connectivity index (χ0) is 13.8. The fourth-order valence-electron chi connectivity index (χ4n) is 1.24. The zero-order valence-corrected chi connectivity index (χ0v) is 12.2. The van der Waals surface area contributed by atoms with Gasteiger partial charge in [0.25, 0.3) is 0 Å². The first-order valence-electron chi connectivity index (χ1n) is 5.25. The summed E-state index contributed by atoms with van der Waals surface area (Å²) in [5, 5.41) is 9.85. The molecule has 2 aromatic rings. The van der Waals surface area contributed by atoms with Crippen molar-refractivity contribution in [2.24, 2.45) is 0 Å². The van der Waals surface area contributed by atoms with Crippen LogP contribution >= 0.6 is 34.7 Å². The second-order valence-electron chi connectivity index (χ2n) is 3.58. The summed E-state index contributed by atoms with van der Waals surface area (Å²) >= 11 is 8.32. The minimum absolute atomic E-state index is 0.0257. The molecule has 1 heterocycles. The lowest BCUT2D eigenvalue weighted by Crippen LogP contribution is -2.22. The van der Waals surface area contributed by atoms with Crippen LogP contribution in [-0.2, 0) is 4.79 Å². The SMILES string of the molecule is C[C@H](Sc1nncs1)C(=O)Nc1ccc(F)c(Cl)c1. The summed E-state index contributed by atoms with van der Waals surface area (Å²) in [6.45, 7) is 1.76. The number of thioether (sulfide) groups is 1. The van der Waals surface area contributed by atoms with E-state index in [4.69, 9.17) is 11.6 Å². The maximum absolute atomic E-state index is 13.0. The van der Waals surface area contributed by atoms with Crippen molar-refractivity contribution in [1.82, 2.24) is 10.2 Å². The van der Waals surface area contributed by atoms with Gasteiger partial charge in [-0.3, -0.25) is 4.79 Å². The molecule has 1 aromatic heterocycles. The van der Waals surface area contributed by atoms with Crippen LogP contribution in [0.15, 0.2) is 28.0 Å². The van der Waals surface area contributed by atoms with Crippen molar-refractivity contribution in [3.05, 3.63) is 34.5 Å². The number of anilines is 1. The van der Waals surface area contributed by atoms with E-state index in [0.717, 1.165) is 4.34 Å². The van der Waals surface area contributed by atoms with Gasteiger partial charge in [-0.1, -0.05) is 34.7 Å². The first-order chi connectivity index (χ1) is 9.06. The maximum atomic E-state index is 13.0. The Morgan fingerprint density at radius 3 is 3.00 bits per heavy atom. The van der Waals surface area contributed by atoms with E-state index in [1.165, 1.54) is 41.3 Å².